The molecule has 1 aromatic rings. The summed E-state index contributed by atoms with van der Waals surface area (Å²) in [5.41, 5.74) is 0.796. The van der Waals surface area contributed by atoms with Crippen LogP contribution in [0.1, 0.15) is 26.7 Å². The van der Waals surface area contributed by atoms with Crippen LogP contribution in [0, 0.1) is 4.51 Å². The normalized spacial score (nSPS) is 10.2. The van der Waals surface area contributed by atoms with E-state index < -0.39 is 0 Å². The number of nitrogens with zero attached hydrogens (tertiary/aromatic N) is 2. The maximum Gasteiger partial charge on any atom is 0.219 e. The van der Waals surface area contributed by atoms with Crippen LogP contribution in [0.4, 0.5) is 5.69 Å². The molecule has 0 aliphatic rings. The second kappa shape index (κ2) is 8.37. The van der Waals surface area contributed by atoms with Gasteiger partial charge < -0.3 is 9.80 Å². The lowest BCUT2D eigenvalue weighted by Crippen LogP contribution is -2.28. The number of hydrogen-bond acceptors (Lipinski definition) is 4. The van der Waals surface area contributed by atoms with Gasteiger partial charge in [0.15, 0.2) is 0 Å². The lowest BCUT2D eigenvalue weighted by molar-refractivity contribution is 0.395. The van der Waals surface area contributed by atoms with E-state index in [1.807, 2.05) is 25.8 Å². The Labute approximate surface area is 110 Å². The first-order chi connectivity index (χ1) is 8.02. The third kappa shape index (κ3) is 5.41. The molecule has 0 bridgehead atoms. The molecule has 0 radical (unpaired) electrons. The topological polar surface area (TPSA) is 23.6 Å². The highest BCUT2D eigenvalue weighted by atomic mass is 32.1. The van der Waals surface area contributed by atoms with Gasteiger partial charge in [0.1, 0.15) is 0 Å². The van der Waals surface area contributed by atoms with Gasteiger partial charge in [0, 0.05) is 13.6 Å². The summed E-state index contributed by atoms with van der Waals surface area (Å²) in [6.07, 6.45) is 2.26. The lowest BCUT2D eigenvalue weighted by Gasteiger charge is -2.20. The van der Waals surface area contributed by atoms with Gasteiger partial charge in [-0.2, -0.15) is 0 Å². The molecule has 17 heavy (non-hydrogen) atoms. The molecular formula is C13H24N2OS. The van der Waals surface area contributed by atoms with E-state index in [2.05, 4.69) is 19.0 Å². The molecule has 0 fully saturated rings. The molecule has 0 atom stereocenters. The predicted octanol–water partition coefficient (Wildman–Crippen LogP) is 2.46. The quantitative estimate of drug-likeness (QED) is 0.576. The zero-order chi connectivity index (χ0) is 13.4. The summed E-state index contributed by atoms with van der Waals surface area (Å²) in [5.74, 6) is 0. The van der Waals surface area contributed by atoms with Crippen LogP contribution < -0.4 is 10.3 Å². The predicted molar refractivity (Wildman–Crippen MR) is 78.3 cm³/mol. The smallest absolute Gasteiger partial charge is 0.219 e. The monoisotopic (exact) mass is 256 g/mol. The minimum Gasteiger partial charge on any atom is -0.371 e. The third-order valence-electron chi connectivity index (χ3n) is 2.48. The first-order valence-corrected chi connectivity index (χ1v) is 6.59. The molecule has 0 aliphatic carbocycles. The molecule has 0 saturated heterocycles. The minimum atomic E-state index is 0.0279. The van der Waals surface area contributed by atoms with Crippen LogP contribution in [0.25, 0.3) is 0 Å². The van der Waals surface area contributed by atoms with Crippen molar-refractivity contribution in [1.29, 1.82) is 0 Å². The highest BCUT2D eigenvalue weighted by Gasteiger charge is 2.10. The molecule has 0 amide bonds. The first kappa shape index (κ1) is 16.3. The molecule has 0 spiro atoms. The Balaban J connectivity index is 0.00000121. The molecule has 98 valence electrons. The summed E-state index contributed by atoms with van der Waals surface area (Å²) in [4.78, 5) is 15.4. The average molecular weight is 256 g/mol. The largest absolute Gasteiger partial charge is 0.371 e. The average Bonchev–Trinajstić information content (AvgIpc) is 2.33. The van der Waals surface area contributed by atoms with E-state index in [1.165, 1.54) is 0 Å². The van der Waals surface area contributed by atoms with E-state index in [0.717, 1.165) is 31.6 Å². The summed E-state index contributed by atoms with van der Waals surface area (Å²) in [6, 6.07) is 1.78. The summed E-state index contributed by atoms with van der Waals surface area (Å²) in [5, 5.41) is 0. The van der Waals surface area contributed by atoms with Crippen molar-refractivity contribution in [2.45, 2.75) is 26.7 Å². The molecule has 3 nitrogen and oxygen atoms in total. The van der Waals surface area contributed by atoms with Crippen LogP contribution >= 0.6 is 12.2 Å². The molecule has 0 aromatic heterocycles. The molecule has 1 aromatic carbocycles. The van der Waals surface area contributed by atoms with Crippen molar-refractivity contribution in [2.24, 2.45) is 0 Å². The molecule has 0 aliphatic heterocycles. The zero-order valence-electron chi connectivity index (χ0n) is 11.6. The van der Waals surface area contributed by atoms with E-state index in [1.54, 1.807) is 6.07 Å². The Hall–Kier alpha value is -0.740. The van der Waals surface area contributed by atoms with Gasteiger partial charge in [-0.15, -0.1) is 0 Å². The summed E-state index contributed by atoms with van der Waals surface area (Å²) in [7, 11) is 6.08. The molecule has 0 unspecified atom stereocenters. The van der Waals surface area contributed by atoms with Gasteiger partial charge in [-0.25, -0.2) is 0 Å². The van der Waals surface area contributed by atoms with Gasteiger partial charge in [-0.05, 0) is 39.5 Å². The number of anilines is 1. The summed E-state index contributed by atoms with van der Waals surface area (Å²) < 4.78 is 0.463. The van der Waals surface area contributed by atoms with Crippen LogP contribution in [0.2, 0.25) is 0 Å². The van der Waals surface area contributed by atoms with Crippen molar-refractivity contribution in [3.05, 3.63) is 20.8 Å². The van der Waals surface area contributed by atoms with E-state index in [0.29, 0.717) is 4.51 Å². The van der Waals surface area contributed by atoms with Gasteiger partial charge in [0.2, 0.25) is 5.43 Å². The van der Waals surface area contributed by atoms with Crippen molar-refractivity contribution in [2.75, 3.05) is 39.1 Å². The fraction of sp³-hybridized carbons (Fsp3) is 0.692. The highest BCUT2D eigenvalue weighted by Crippen LogP contribution is 2.10. The molecule has 1 rings (SSSR count). The van der Waals surface area contributed by atoms with Crippen molar-refractivity contribution in [1.82, 2.24) is 4.90 Å². The van der Waals surface area contributed by atoms with Crippen molar-refractivity contribution < 1.29 is 0 Å². The minimum absolute atomic E-state index is 0.0279. The van der Waals surface area contributed by atoms with Crippen LogP contribution in [-0.4, -0.2) is 39.1 Å². The second-order valence-corrected chi connectivity index (χ2v) is 4.59. The van der Waals surface area contributed by atoms with Gasteiger partial charge in [-0.3, -0.25) is 4.79 Å². The summed E-state index contributed by atoms with van der Waals surface area (Å²) >= 11 is 4.81. The Bertz CT molecular complexity index is 380. The lowest BCUT2D eigenvalue weighted by atomic mass is 10.2. The van der Waals surface area contributed by atoms with Crippen LogP contribution in [-0.2, 0) is 0 Å². The highest BCUT2D eigenvalue weighted by molar-refractivity contribution is 7.71. The maximum absolute atomic E-state index is 11.3. The number of unbranched alkanes of at least 4 members (excludes halogenated alkanes) is 1. The van der Waals surface area contributed by atoms with E-state index in [4.69, 9.17) is 12.2 Å². The molecule has 4 heteroatoms. The summed E-state index contributed by atoms with van der Waals surface area (Å²) in [6.45, 7) is 6.02. The van der Waals surface area contributed by atoms with Gasteiger partial charge >= 0.3 is 0 Å². The molecular weight excluding hydrogens is 232 g/mol. The van der Waals surface area contributed by atoms with Crippen molar-refractivity contribution >= 4 is 17.9 Å². The first-order valence-electron chi connectivity index (χ1n) is 6.18. The Morgan fingerprint density at radius 1 is 1.12 bits per heavy atom. The Kier molecular flexibility index (Phi) is 8.00. The second-order valence-electron chi connectivity index (χ2n) is 4.15. The zero-order valence-corrected chi connectivity index (χ0v) is 12.4. The van der Waals surface area contributed by atoms with E-state index in [9.17, 15) is 4.79 Å². The van der Waals surface area contributed by atoms with E-state index >= 15 is 0 Å². The Morgan fingerprint density at radius 2 is 1.65 bits per heavy atom. The van der Waals surface area contributed by atoms with Crippen LogP contribution in [0.3, 0.4) is 0 Å². The molecule has 0 saturated carbocycles. The van der Waals surface area contributed by atoms with Crippen molar-refractivity contribution in [3.8, 4) is 0 Å². The fourth-order valence-electron chi connectivity index (χ4n) is 1.48. The van der Waals surface area contributed by atoms with Gasteiger partial charge in [-0.1, -0.05) is 26.1 Å². The van der Waals surface area contributed by atoms with Crippen LogP contribution in [0.15, 0.2) is 10.9 Å². The Morgan fingerprint density at radius 3 is 2.06 bits per heavy atom. The van der Waals surface area contributed by atoms with Crippen LogP contribution in [0.5, 0.6) is 0 Å². The fourth-order valence-corrected chi connectivity index (χ4v) is 1.70. The van der Waals surface area contributed by atoms with Gasteiger partial charge in [0.05, 0.1) is 10.2 Å². The third-order valence-corrected chi connectivity index (χ3v) is 2.79. The van der Waals surface area contributed by atoms with Crippen molar-refractivity contribution in [3.63, 3.8) is 0 Å². The molecule has 0 heterocycles. The molecule has 0 N–H and O–H groups in total. The number of hydrogen-bond donors (Lipinski definition) is 0. The van der Waals surface area contributed by atoms with Gasteiger partial charge in [0.25, 0.3) is 0 Å². The maximum atomic E-state index is 11.3. The van der Waals surface area contributed by atoms with E-state index in [-0.39, 0.29) is 5.43 Å². The number of rotatable bonds is 6. The SMILES string of the molecule is CC.CN(C)CCCCN(C)c1cc(=S)c1=O. The standard InChI is InChI=1S/C11H18N2OS.C2H6/c1-12(2)6-4-5-7-13(3)9-8-10(15)11(9)14;1-2/h8H,4-7H2,1-3H3;1-2H3.